The van der Waals surface area contributed by atoms with E-state index in [1.54, 1.807) is 26.5 Å². The Morgan fingerprint density at radius 3 is 2.42 bits per heavy atom. The van der Waals surface area contributed by atoms with Crippen LogP contribution in [0.5, 0.6) is 0 Å². The summed E-state index contributed by atoms with van der Waals surface area (Å²) in [4.78, 5) is 4.02. The molecule has 1 aliphatic carbocycles. The summed E-state index contributed by atoms with van der Waals surface area (Å²) in [5.74, 6) is 0. The molecule has 1 aromatic heterocycles. The molecule has 4 rings (SSSR count). The van der Waals surface area contributed by atoms with Crippen molar-refractivity contribution in [3.8, 4) is 0 Å². The lowest BCUT2D eigenvalue weighted by atomic mass is 9.79. The van der Waals surface area contributed by atoms with Crippen LogP contribution in [0.2, 0.25) is 0 Å². The Morgan fingerprint density at radius 1 is 1.03 bits per heavy atom. The molecular formula is C21H34N4O6. The van der Waals surface area contributed by atoms with E-state index in [4.69, 9.17) is 14.2 Å². The van der Waals surface area contributed by atoms with E-state index in [1.165, 1.54) is 0 Å². The van der Waals surface area contributed by atoms with Gasteiger partial charge in [0.25, 0.3) is 0 Å². The highest BCUT2D eigenvalue weighted by Gasteiger charge is 2.60. The van der Waals surface area contributed by atoms with Crippen molar-refractivity contribution in [2.24, 2.45) is 0 Å². The summed E-state index contributed by atoms with van der Waals surface area (Å²) in [5, 5.41) is 42.5. The lowest BCUT2D eigenvalue weighted by Gasteiger charge is -2.57. The normalized spacial score (nSPS) is 45.0. The Hall–Kier alpha value is -1.21. The van der Waals surface area contributed by atoms with Gasteiger partial charge in [-0.3, -0.25) is 4.98 Å². The molecular weight excluding hydrogens is 404 g/mol. The fourth-order valence-corrected chi connectivity index (χ4v) is 5.15. The Balaban J connectivity index is 1.51. The summed E-state index contributed by atoms with van der Waals surface area (Å²) in [6.45, 7) is 2.73. The van der Waals surface area contributed by atoms with E-state index in [2.05, 4.69) is 20.9 Å². The predicted octanol–water partition coefficient (Wildman–Crippen LogP) is -1.90. The minimum atomic E-state index is -1.24. The zero-order chi connectivity index (χ0) is 22.2. The predicted molar refractivity (Wildman–Crippen MR) is 111 cm³/mol. The van der Waals surface area contributed by atoms with E-state index in [0.29, 0.717) is 13.0 Å². The van der Waals surface area contributed by atoms with Gasteiger partial charge >= 0.3 is 0 Å². The Morgan fingerprint density at radius 2 is 1.74 bits per heavy atom. The molecule has 174 valence electrons. The van der Waals surface area contributed by atoms with Crippen molar-refractivity contribution < 1.29 is 29.5 Å². The molecule has 0 amide bonds. The third-order valence-electron chi connectivity index (χ3n) is 6.67. The van der Waals surface area contributed by atoms with E-state index < -0.39 is 54.5 Å². The maximum atomic E-state index is 11.6. The van der Waals surface area contributed by atoms with Crippen LogP contribution < -0.4 is 16.0 Å². The van der Waals surface area contributed by atoms with Crippen LogP contribution in [0.25, 0.3) is 0 Å². The Labute approximate surface area is 182 Å². The first-order valence-electron chi connectivity index (χ1n) is 10.9. The average molecular weight is 439 g/mol. The topological polar surface area (TPSA) is 137 Å². The number of ether oxygens (including phenoxy) is 3. The average Bonchev–Trinajstić information content (AvgIpc) is 2.74. The molecule has 0 bridgehead atoms. The second-order valence-corrected chi connectivity index (χ2v) is 8.81. The molecule has 2 aliphatic heterocycles. The van der Waals surface area contributed by atoms with Gasteiger partial charge in [-0.2, -0.15) is 0 Å². The van der Waals surface area contributed by atoms with Crippen LogP contribution in [0.3, 0.4) is 0 Å². The number of aromatic nitrogens is 1. The highest BCUT2D eigenvalue weighted by Crippen LogP contribution is 2.40. The zero-order valence-corrected chi connectivity index (χ0v) is 18.1. The summed E-state index contributed by atoms with van der Waals surface area (Å²) in [5.41, 5.74) is -0.183. The fraction of sp³-hybridized carbons (Fsp3) is 0.762. The number of hydrogen-bond donors (Lipinski definition) is 6. The summed E-state index contributed by atoms with van der Waals surface area (Å²) < 4.78 is 18.5. The quantitative estimate of drug-likeness (QED) is 0.299. The van der Waals surface area contributed by atoms with Crippen LogP contribution in [0.15, 0.2) is 24.5 Å². The first kappa shape index (κ1) is 23.0. The maximum absolute atomic E-state index is 11.6. The highest BCUT2D eigenvalue weighted by molar-refractivity contribution is 5.11. The summed E-state index contributed by atoms with van der Waals surface area (Å²) in [6, 6.07) is 2.76. The third kappa shape index (κ3) is 4.37. The van der Waals surface area contributed by atoms with Gasteiger partial charge in [-0.15, -0.1) is 0 Å². The minimum absolute atomic E-state index is 0.249. The molecule has 0 radical (unpaired) electrons. The van der Waals surface area contributed by atoms with Crippen LogP contribution in [0, 0.1) is 0 Å². The largest absolute Gasteiger partial charge is 0.390 e. The number of hydrogen-bond acceptors (Lipinski definition) is 10. The van der Waals surface area contributed by atoms with E-state index in [1.807, 2.05) is 19.1 Å². The number of likely N-dealkylation sites (N-methyl/N-ethyl adjacent to an activating group) is 2. The molecule has 10 nitrogen and oxygen atoms in total. The summed E-state index contributed by atoms with van der Waals surface area (Å²) in [6.07, 6.45) is -1.26. The number of rotatable bonds is 6. The van der Waals surface area contributed by atoms with Crippen LogP contribution in [-0.4, -0.2) is 102 Å². The maximum Gasteiger partial charge on any atom is 0.187 e. The SMILES string of the molecule is CNC1C(O)C(NC)C2OC3C(OC(C)CC3(O)CNCc3ccncc3)OC2C1O. The molecule has 1 saturated carbocycles. The number of nitrogens with one attached hydrogen (secondary N) is 3. The Kier molecular flexibility index (Phi) is 6.92. The van der Waals surface area contributed by atoms with Gasteiger partial charge in [-0.25, -0.2) is 0 Å². The van der Waals surface area contributed by atoms with Gasteiger partial charge < -0.3 is 45.5 Å². The van der Waals surface area contributed by atoms with Crippen molar-refractivity contribution >= 4 is 0 Å². The van der Waals surface area contributed by atoms with Gasteiger partial charge in [-0.05, 0) is 38.7 Å². The third-order valence-corrected chi connectivity index (χ3v) is 6.67. The van der Waals surface area contributed by atoms with E-state index in [9.17, 15) is 15.3 Å². The Bertz CT molecular complexity index is 729. The van der Waals surface area contributed by atoms with Crippen LogP contribution in [0.4, 0.5) is 0 Å². The minimum Gasteiger partial charge on any atom is -0.390 e. The second-order valence-electron chi connectivity index (χ2n) is 8.81. The molecule has 10 heteroatoms. The number of nitrogens with zero attached hydrogens (tertiary/aromatic N) is 1. The molecule has 2 saturated heterocycles. The van der Waals surface area contributed by atoms with E-state index in [-0.39, 0.29) is 12.6 Å². The molecule has 10 atom stereocenters. The number of fused-ring (bicyclic) bond motifs is 2. The first-order chi connectivity index (χ1) is 14.9. The van der Waals surface area contributed by atoms with Crippen molar-refractivity contribution in [1.29, 1.82) is 0 Å². The van der Waals surface area contributed by atoms with Gasteiger partial charge in [-0.1, -0.05) is 0 Å². The number of aliphatic hydroxyl groups excluding tert-OH is 2. The molecule has 0 aromatic carbocycles. The van der Waals surface area contributed by atoms with E-state index in [0.717, 1.165) is 5.56 Å². The lowest BCUT2D eigenvalue weighted by molar-refractivity contribution is -0.384. The van der Waals surface area contributed by atoms with Gasteiger partial charge in [0, 0.05) is 31.9 Å². The van der Waals surface area contributed by atoms with Gasteiger partial charge in [0.05, 0.1) is 24.3 Å². The zero-order valence-electron chi connectivity index (χ0n) is 18.1. The second kappa shape index (κ2) is 9.34. The molecule has 3 heterocycles. The van der Waals surface area contributed by atoms with Crippen molar-refractivity contribution in [3.05, 3.63) is 30.1 Å². The summed E-state index contributed by atoms with van der Waals surface area (Å²) >= 11 is 0. The standard InChI is InChI=1S/C21H34N4O6/c1-11-8-21(28,10-25-9-12-4-6-24-7-5-12)19-20(29-11)31-18-16(27)13(22-2)15(26)14(23-3)17(18)30-19/h4-7,11,13-20,22-23,25-28H,8-10H2,1-3H3. The van der Waals surface area contributed by atoms with Crippen molar-refractivity contribution in [2.45, 2.75) is 80.5 Å². The molecule has 31 heavy (non-hydrogen) atoms. The smallest absolute Gasteiger partial charge is 0.187 e. The van der Waals surface area contributed by atoms with Gasteiger partial charge in [0.1, 0.15) is 30.0 Å². The number of pyridine rings is 1. The van der Waals surface area contributed by atoms with Crippen LogP contribution >= 0.6 is 0 Å². The fourth-order valence-electron chi connectivity index (χ4n) is 5.15. The molecule has 0 spiro atoms. The van der Waals surface area contributed by atoms with Crippen LogP contribution in [-0.2, 0) is 20.8 Å². The lowest BCUT2D eigenvalue weighted by Crippen LogP contribution is -2.77. The van der Waals surface area contributed by atoms with Crippen molar-refractivity contribution in [3.63, 3.8) is 0 Å². The highest BCUT2D eigenvalue weighted by atomic mass is 16.7. The summed E-state index contributed by atoms with van der Waals surface area (Å²) in [7, 11) is 3.41. The first-order valence-corrected chi connectivity index (χ1v) is 10.9. The van der Waals surface area contributed by atoms with Crippen LogP contribution in [0.1, 0.15) is 18.9 Å². The van der Waals surface area contributed by atoms with Crippen molar-refractivity contribution in [1.82, 2.24) is 20.9 Å². The molecule has 6 N–H and O–H groups in total. The molecule has 1 aromatic rings. The molecule has 10 unspecified atom stereocenters. The van der Waals surface area contributed by atoms with Crippen molar-refractivity contribution in [2.75, 3.05) is 20.6 Å². The van der Waals surface area contributed by atoms with Gasteiger partial charge in [0.2, 0.25) is 0 Å². The number of aliphatic hydroxyl groups is 3. The molecule has 3 fully saturated rings. The monoisotopic (exact) mass is 438 g/mol. The van der Waals surface area contributed by atoms with E-state index >= 15 is 0 Å². The molecule has 3 aliphatic rings. The van der Waals surface area contributed by atoms with Gasteiger partial charge in [0.15, 0.2) is 6.29 Å².